The van der Waals surface area contributed by atoms with Crippen LogP contribution in [0.15, 0.2) is 71.8 Å². The normalized spacial score (nSPS) is 13.9. The fraction of sp³-hybridized carbons (Fsp3) is 0.0500. The molecule has 3 aromatic carbocycles. The average molecular weight is 379 g/mol. The van der Waals surface area contributed by atoms with E-state index >= 15 is 0 Å². The van der Waals surface area contributed by atoms with Gasteiger partial charge in [-0.25, -0.2) is 10.0 Å². The largest absolute Gasteiger partial charge is 0.285 e. The van der Waals surface area contributed by atoms with Gasteiger partial charge in [0.25, 0.3) is 0 Å². The Labute approximate surface area is 160 Å². The first-order valence-electron chi connectivity index (χ1n) is 8.28. The third-order valence-corrected chi connectivity index (χ3v) is 4.49. The Bertz CT molecular complexity index is 1050. The maximum atomic E-state index is 13.0. The van der Waals surface area contributed by atoms with E-state index in [1.165, 1.54) is 5.01 Å². The molecule has 0 aromatic heterocycles. The molecule has 4 rings (SSSR count). The van der Waals surface area contributed by atoms with Crippen LogP contribution in [-0.2, 0) is 4.79 Å². The molecule has 0 saturated heterocycles. The van der Waals surface area contributed by atoms with Gasteiger partial charge in [-0.15, -0.1) is 5.10 Å². The molecule has 0 unspecified atom stereocenters. The van der Waals surface area contributed by atoms with Crippen LogP contribution in [0.3, 0.4) is 0 Å². The van der Waals surface area contributed by atoms with Crippen molar-refractivity contribution in [2.24, 2.45) is 5.10 Å². The van der Waals surface area contributed by atoms with Gasteiger partial charge in [-0.2, -0.15) is 0 Å². The first kappa shape index (κ1) is 17.1. The molecule has 0 saturated carbocycles. The van der Waals surface area contributed by atoms with Crippen molar-refractivity contribution in [3.05, 3.63) is 77.3 Å². The Morgan fingerprint density at radius 3 is 2.52 bits per heavy atom. The van der Waals surface area contributed by atoms with Gasteiger partial charge < -0.3 is 0 Å². The van der Waals surface area contributed by atoms with E-state index in [4.69, 9.17) is 11.6 Å². The molecule has 7 heteroatoms. The van der Waals surface area contributed by atoms with E-state index in [0.717, 1.165) is 16.5 Å². The van der Waals surface area contributed by atoms with Crippen molar-refractivity contribution in [2.75, 3.05) is 11.7 Å². The monoisotopic (exact) mass is 378 g/mol. The van der Waals surface area contributed by atoms with E-state index < -0.39 is 0 Å². The highest BCUT2D eigenvalue weighted by Gasteiger charge is 2.24. The van der Waals surface area contributed by atoms with Crippen LogP contribution >= 0.6 is 11.6 Å². The molecule has 0 aliphatic carbocycles. The van der Waals surface area contributed by atoms with Gasteiger partial charge >= 0.3 is 0 Å². The lowest BCUT2D eigenvalue weighted by molar-refractivity contribution is -0.120. The van der Waals surface area contributed by atoms with Gasteiger partial charge in [0, 0.05) is 10.6 Å². The number of nitrogens with one attached hydrogen (secondary N) is 1. The summed E-state index contributed by atoms with van der Waals surface area (Å²) in [5.74, 6) is -0.232. The lowest BCUT2D eigenvalue weighted by Crippen LogP contribution is -2.54. The van der Waals surface area contributed by atoms with Crippen LogP contribution in [0.1, 0.15) is 10.4 Å². The number of Topliss-reactive ketones (excluding diaryl/α,β-unsaturated/α-hetero) is 1. The van der Waals surface area contributed by atoms with Crippen LogP contribution in [0.2, 0.25) is 5.02 Å². The first-order valence-corrected chi connectivity index (χ1v) is 8.65. The Hall–Kier alpha value is -3.38. The first-order chi connectivity index (χ1) is 13.1. The number of amidine groups is 1. The number of benzene rings is 3. The molecular formula is C20H15ClN4O2. The van der Waals surface area contributed by atoms with Gasteiger partial charge in [0.1, 0.15) is 6.67 Å². The summed E-state index contributed by atoms with van der Waals surface area (Å²) in [4.78, 5) is 24.3. The zero-order valence-corrected chi connectivity index (χ0v) is 14.9. The van der Waals surface area contributed by atoms with Crippen molar-refractivity contribution in [3.8, 4) is 0 Å². The molecule has 0 spiro atoms. The number of hydrazone groups is 1. The van der Waals surface area contributed by atoms with E-state index in [1.54, 1.807) is 35.3 Å². The molecule has 0 atom stereocenters. The van der Waals surface area contributed by atoms with Crippen LogP contribution in [0, 0.1) is 0 Å². The highest BCUT2D eigenvalue weighted by atomic mass is 35.5. The topological polar surface area (TPSA) is 65.0 Å². The van der Waals surface area contributed by atoms with Crippen molar-refractivity contribution in [1.82, 2.24) is 10.4 Å². The number of nitrogens with zero attached hydrogens (tertiary/aromatic N) is 3. The summed E-state index contributed by atoms with van der Waals surface area (Å²) in [6.07, 6.45) is 0.616. The predicted molar refractivity (Wildman–Crippen MR) is 106 cm³/mol. The van der Waals surface area contributed by atoms with Crippen LogP contribution in [0.5, 0.6) is 0 Å². The third kappa shape index (κ3) is 3.47. The lowest BCUT2D eigenvalue weighted by atomic mass is 10.0. The number of hydrogen-bond acceptors (Lipinski definition) is 5. The van der Waals surface area contributed by atoms with E-state index in [-0.39, 0.29) is 18.3 Å². The number of ketones is 1. The Morgan fingerprint density at radius 2 is 1.78 bits per heavy atom. The summed E-state index contributed by atoms with van der Waals surface area (Å²) in [6.45, 7) is 0.166. The third-order valence-electron chi connectivity index (χ3n) is 4.24. The molecular weight excluding hydrogens is 364 g/mol. The molecule has 1 N–H and O–H groups in total. The summed E-state index contributed by atoms with van der Waals surface area (Å²) in [5.41, 5.74) is 3.97. The number of amides is 1. The standard InChI is InChI=1S/C20H15ClN4O2/c21-17-7-9-18(10-8-17)25-12-24(13-26)22-20(23-25)19(27)16-6-5-14-3-1-2-4-15(14)11-16/h1-11,13H,12H2,(H,22,23). The smallest absolute Gasteiger partial charge is 0.231 e. The highest BCUT2D eigenvalue weighted by molar-refractivity contribution is 6.45. The van der Waals surface area contributed by atoms with Crippen LogP contribution in [0.4, 0.5) is 5.69 Å². The zero-order chi connectivity index (χ0) is 18.8. The van der Waals surface area contributed by atoms with Crippen molar-refractivity contribution in [3.63, 3.8) is 0 Å². The molecule has 1 aliphatic heterocycles. The summed E-state index contributed by atoms with van der Waals surface area (Å²) >= 11 is 5.93. The van der Waals surface area contributed by atoms with Gasteiger partial charge in [0.15, 0.2) is 0 Å². The second-order valence-corrected chi connectivity index (χ2v) is 6.48. The number of fused-ring (bicyclic) bond motifs is 1. The zero-order valence-electron chi connectivity index (χ0n) is 14.2. The van der Waals surface area contributed by atoms with E-state index in [2.05, 4.69) is 10.5 Å². The van der Waals surface area contributed by atoms with Gasteiger partial charge in [-0.05, 0) is 41.1 Å². The minimum absolute atomic E-state index is 0.0681. The average Bonchev–Trinajstić information content (AvgIpc) is 2.73. The molecule has 0 bridgehead atoms. The molecule has 0 radical (unpaired) electrons. The summed E-state index contributed by atoms with van der Waals surface area (Å²) < 4.78 is 0. The number of halogens is 1. The van der Waals surface area contributed by atoms with Crippen LogP contribution in [0.25, 0.3) is 10.8 Å². The summed E-state index contributed by atoms with van der Waals surface area (Å²) in [6, 6.07) is 20.3. The number of hydrazine groups is 1. The van der Waals surface area contributed by atoms with Gasteiger partial charge in [0.2, 0.25) is 18.0 Å². The molecule has 6 nitrogen and oxygen atoms in total. The molecule has 1 aliphatic rings. The van der Waals surface area contributed by atoms with Crippen LogP contribution in [-0.4, -0.2) is 29.7 Å². The Balaban J connectivity index is 1.69. The number of hydrogen-bond donors (Lipinski definition) is 1. The second-order valence-electron chi connectivity index (χ2n) is 6.04. The minimum atomic E-state index is -0.300. The minimum Gasteiger partial charge on any atom is -0.285 e. The molecule has 3 aromatic rings. The van der Waals surface area contributed by atoms with E-state index in [1.807, 2.05) is 36.4 Å². The highest BCUT2D eigenvalue weighted by Crippen LogP contribution is 2.21. The number of carbonyl (C=O) groups is 2. The van der Waals surface area contributed by atoms with Gasteiger partial charge in [0.05, 0.1) is 5.69 Å². The van der Waals surface area contributed by atoms with Crippen LogP contribution < -0.4 is 10.4 Å². The maximum absolute atomic E-state index is 13.0. The maximum Gasteiger partial charge on any atom is 0.231 e. The van der Waals surface area contributed by atoms with Gasteiger partial charge in [-0.3, -0.25) is 15.0 Å². The SMILES string of the molecule is O=CN1CN(c2ccc(Cl)cc2)N=C(C(=O)c2ccc3ccccc3c2)N1. The van der Waals surface area contributed by atoms with Crippen molar-refractivity contribution >= 4 is 46.1 Å². The van der Waals surface area contributed by atoms with E-state index in [9.17, 15) is 9.59 Å². The van der Waals surface area contributed by atoms with Gasteiger partial charge in [-0.1, -0.05) is 48.0 Å². The quantitative estimate of drug-likeness (QED) is 0.558. The fourth-order valence-corrected chi connectivity index (χ4v) is 2.99. The number of anilines is 1. The van der Waals surface area contributed by atoms with Crippen molar-refractivity contribution < 1.29 is 9.59 Å². The number of carbonyl (C=O) groups excluding carboxylic acids is 2. The molecule has 0 fully saturated rings. The lowest BCUT2D eigenvalue weighted by Gasteiger charge is -2.32. The summed E-state index contributed by atoms with van der Waals surface area (Å²) in [7, 11) is 0. The van der Waals surface area contributed by atoms with Crippen molar-refractivity contribution in [2.45, 2.75) is 0 Å². The fourth-order valence-electron chi connectivity index (χ4n) is 2.87. The van der Waals surface area contributed by atoms with Crippen molar-refractivity contribution in [1.29, 1.82) is 0 Å². The molecule has 1 amide bonds. The van der Waals surface area contributed by atoms with E-state index in [0.29, 0.717) is 17.0 Å². The summed E-state index contributed by atoms with van der Waals surface area (Å²) in [5, 5.41) is 9.81. The predicted octanol–water partition coefficient (Wildman–Crippen LogP) is 3.43. The molecule has 1 heterocycles. The number of rotatable bonds is 4. The molecule has 134 valence electrons. The molecule has 27 heavy (non-hydrogen) atoms. The second kappa shape index (κ2) is 7.09. The Kier molecular flexibility index (Phi) is 4.48. The Morgan fingerprint density at radius 1 is 1.04 bits per heavy atom.